The fourth-order valence-corrected chi connectivity index (χ4v) is 8.44. The summed E-state index contributed by atoms with van der Waals surface area (Å²) in [6, 6.07) is 29.6. The number of esters is 1. The number of hydrogen-bond acceptors (Lipinski definition) is 11. The van der Waals surface area contributed by atoms with Gasteiger partial charge in [-0.2, -0.15) is 9.97 Å². The molecule has 4 aromatic carbocycles. The van der Waals surface area contributed by atoms with Crippen molar-refractivity contribution in [2.75, 3.05) is 20.2 Å². The molecule has 14 heteroatoms. The molecule has 6 atom stereocenters. The van der Waals surface area contributed by atoms with Crippen LogP contribution in [0.5, 0.6) is 11.8 Å². The van der Waals surface area contributed by atoms with E-state index in [1.165, 1.54) is 12.0 Å². The second kappa shape index (κ2) is 20.3. The smallest absolute Gasteiger partial charge is 0.328 e. The Morgan fingerprint density at radius 1 is 0.594 bits per heavy atom. The first-order chi connectivity index (χ1) is 32.6. The number of nitrogens with zero attached hydrogens (tertiary/aromatic N) is 6. The highest BCUT2D eigenvalue weighted by Crippen LogP contribution is 2.36. The van der Waals surface area contributed by atoms with Crippen LogP contribution in [-0.4, -0.2) is 103 Å². The van der Waals surface area contributed by atoms with Gasteiger partial charge < -0.3 is 29.1 Å². The molecule has 0 saturated carbocycles. The number of aliphatic carboxylic acids is 1. The Kier molecular flexibility index (Phi) is 14.7. The molecule has 2 fully saturated rings. The van der Waals surface area contributed by atoms with E-state index in [4.69, 9.17) is 34.1 Å². The molecule has 69 heavy (non-hydrogen) atoms. The van der Waals surface area contributed by atoms with Crippen molar-refractivity contribution >= 4 is 45.6 Å². The highest BCUT2D eigenvalue weighted by Gasteiger charge is 2.46. The van der Waals surface area contributed by atoms with Crippen molar-refractivity contribution in [1.29, 1.82) is 0 Å². The van der Waals surface area contributed by atoms with Crippen LogP contribution in [-0.2, 0) is 23.9 Å². The minimum absolute atomic E-state index is 0.0765. The highest BCUT2D eigenvalue weighted by atomic mass is 16.5. The van der Waals surface area contributed by atoms with Gasteiger partial charge in [0.25, 0.3) is 0 Å². The van der Waals surface area contributed by atoms with Crippen LogP contribution in [0.1, 0.15) is 79.4 Å². The van der Waals surface area contributed by atoms with Gasteiger partial charge >= 0.3 is 11.9 Å². The minimum Gasteiger partial charge on any atom is -0.480 e. The molecule has 0 spiro atoms. The maximum Gasteiger partial charge on any atom is 0.328 e. The number of carbonyl (C=O) groups excluding carboxylic acids is 3. The van der Waals surface area contributed by atoms with E-state index in [0.29, 0.717) is 29.8 Å². The van der Waals surface area contributed by atoms with Gasteiger partial charge in [0.2, 0.25) is 23.6 Å². The lowest BCUT2D eigenvalue weighted by Gasteiger charge is -2.32. The van der Waals surface area contributed by atoms with Gasteiger partial charge in [-0.05, 0) is 48.9 Å². The summed E-state index contributed by atoms with van der Waals surface area (Å²) in [5.74, 6) is -0.326. The lowest BCUT2D eigenvalue weighted by atomic mass is 9.81. The third-order valence-electron chi connectivity index (χ3n) is 13.4. The molecule has 2 aliphatic heterocycles. The number of rotatable bonds is 10. The van der Waals surface area contributed by atoms with E-state index in [1.807, 2.05) is 166 Å². The second-order valence-corrected chi connectivity index (χ2v) is 20.5. The van der Waals surface area contributed by atoms with E-state index in [1.54, 1.807) is 4.90 Å². The quantitative estimate of drug-likeness (QED) is 0.129. The average molecular weight is 937 g/mol. The molecule has 6 aromatic rings. The van der Waals surface area contributed by atoms with Gasteiger partial charge in [0.1, 0.15) is 24.3 Å². The van der Waals surface area contributed by atoms with E-state index in [2.05, 4.69) is 0 Å². The first kappa shape index (κ1) is 49.9. The van der Waals surface area contributed by atoms with Crippen molar-refractivity contribution in [3.63, 3.8) is 0 Å². The van der Waals surface area contributed by atoms with E-state index < -0.39 is 36.2 Å². The van der Waals surface area contributed by atoms with Crippen LogP contribution in [0.15, 0.2) is 97.1 Å². The van der Waals surface area contributed by atoms with E-state index in [0.717, 1.165) is 44.1 Å². The Morgan fingerprint density at radius 3 is 1.36 bits per heavy atom. The zero-order valence-electron chi connectivity index (χ0n) is 41.5. The van der Waals surface area contributed by atoms with Crippen molar-refractivity contribution in [2.45, 2.75) is 106 Å². The van der Waals surface area contributed by atoms with Gasteiger partial charge in [-0.15, -0.1) is 0 Å². The number of aromatic nitrogens is 4. The monoisotopic (exact) mass is 936 g/mol. The number of carboxylic acid groups (broad SMARTS) is 1. The topological polar surface area (TPSA) is 174 Å². The number of carbonyl (C=O) groups is 4. The fraction of sp³-hybridized carbons (Fsp3) is 0.418. The van der Waals surface area contributed by atoms with Crippen molar-refractivity contribution in [2.24, 2.45) is 22.7 Å². The predicted molar refractivity (Wildman–Crippen MR) is 265 cm³/mol. The van der Waals surface area contributed by atoms with Gasteiger partial charge in [-0.25, -0.2) is 19.6 Å². The van der Waals surface area contributed by atoms with Gasteiger partial charge in [0.15, 0.2) is 11.6 Å². The van der Waals surface area contributed by atoms with E-state index in [9.17, 15) is 24.3 Å². The summed E-state index contributed by atoms with van der Waals surface area (Å²) in [6.45, 7) is 20.2. The van der Waals surface area contributed by atoms with Crippen LogP contribution in [0.2, 0.25) is 0 Å². The first-order valence-corrected chi connectivity index (χ1v) is 23.6. The van der Waals surface area contributed by atoms with Gasteiger partial charge in [-0.3, -0.25) is 9.59 Å². The molecule has 0 bridgehead atoms. The standard InChI is InChI=1S/C28H33N3O4.C27H31N3O4/c1-17-12-13-22-21(14-17)25(30-24(29-22)19-10-8-7-9-11-19)35-20-15-23(27(33)34-6)31(16-20)26(32)18(2)28(3,4)5;1-16-11-12-21-20(13-16)24(29-23(28-21)18-9-7-6-8-10-18)34-19-14-22(26(32)33)30(15-19)25(31)17(2)27(3,4)5/h7-14,18,20,23H,15-16H2,1-6H3;6-13,17,19,22H,14-15H2,1-5H3,(H,32,33)/t18-,20-,23?;17-,19-,22?/m11/s1. The van der Waals surface area contributed by atoms with Crippen LogP contribution in [0.4, 0.5) is 0 Å². The molecule has 2 amide bonds. The number of carboxylic acids is 1. The predicted octanol–water partition coefficient (Wildman–Crippen LogP) is 9.53. The normalized spacial score (nSPS) is 19.1. The molecule has 0 aliphatic carbocycles. The number of ether oxygens (including phenoxy) is 3. The summed E-state index contributed by atoms with van der Waals surface area (Å²) in [5, 5.41) is 11.4. The van der Waals surface area contributed by atoms with Gasteiger partial charge in [0.05, 0.1) is 42.0 Å². The molecule has 2 saturated heterocycles. The summed E-state index contributed by atoms with van der Waals surface area (Å²) in [7, 11) is 1.35. The molecular weight excluding hydrogens is 873 g/mol. The number of aryl methyl sites for hydroxylation is 2. The lowest BCUT2D eigenvalue weighted by Crippen LogP contribution is -2.46. The number of methoxy groups -OCH3 is 1. The Hall–Kier alpha value is -6.96. The van der Waals surface area contributed by atoms with Crippen LogP contribution < -0.4 is 9.47 Å². The average Bonchev–Trinajstić information content (AvgIpc) is 3.95. The molecule has 0 radical (unpaired) electrons. The van der Waals surface area contributed by atoms with Crippen LogP contribution in [0.25, 0.3) is 44.6 Å². The molecule has 2 unspecified atom stereocenters. The third-order valence-corrected chi connectivity index (χ3v) is 13.4. The lowest BCUT2D eigenvalue weighted by molar-refractivity contribution is -0.153. The summed E-state index contributed by atoms with van der Waals surface area (Å²) in [5.41, 5.74) is 4.86. The number of amides is 2. The zero-order valence-corrected chi connectivity index (χ0v) is 41.5. The molecule has 362 valence electrons. The first-order valence-electron chi connectivity index (χ1n) is 23.6. The van der Waals surface area contributed by atoms with Gasteiger partial charge in [-0.1, -0.05) is 139 Å². The molecule has 2 aromatic heterocycles. The van der Waals surface area contributed by atoms with E-state index >= 15 is 0 Å². The zero-order chi connectivity index (χ0) is 49.9. The summed E-state index contributed by atoms with van der Waals surface area (Å²) in [4.78, 5) is 73.1. The Morgan fingerprint density at radius 2 is 0.986 bits per heavy atom. The Balaban J connectivity index is 0.000000204. The van der Waals surface area contributed by atoms with Crippen LogP contribution in [0, 0.1) is 36.5 Å². The number of hydrogen-bond donors (Lipinski definition) is 1. The maximum atomic E-state index is 13.4. The SMILES string of the molecule is COC(=O)C1C[C@@H](Oc2nc(-c3ccccc3)nc3ccc(C)cc23)CN1C(=O)[C@@H](C)C(C)(C)C.Cc1ccc2nc(-c3ccccc3)nc(O[C@@H]3CC(C(=O)O)N(C(=O)[C@@H](C)C(C)(C)C)C3)c2c1. The number of likely N-dealkylation sites (tertiary alicyclic amines) is 2. The number of fused-ring (bicyclic) bond motifs is 2. The van der Waals surface area contributed by atoms with Crippen LogP contribution >= 0.6 is 0 Å². The molecular formula is C55H64N6O8. The molecule has 2 aliphatic rings. The minimum atomic E-state index is -1.02. The maximum absolute atomic E-state index is 13.4. The second-order valence-electron chi connectivity index (χ2n) is 20.5. The Bertz CT molecular complexity index is 2840. The summed E-state index contributed by atoms with van der Waals surface area (Å²) >= 11 is 0. The largest absolute Gasteiger partial charge is 0.480 e. The van der Waals surface area contributed by atoms with Crippen molar-refractivity contribution in [1.82, 2.24) is 29.7 Å². The fourth-order valence-electron chi connectivity index (χ4n) is 8.44. The third kappa shape index (κ3) is 11.3. The summed E-state index contributed by atoms with van der Waals surface area (Å²) < 4.78 is 17.8. The number of benzene rings is 4. The van der Waals surface area contributed by atoms with Gasteiger partial charge in [0, 0.05) is 35.8 Å². The molecule has 8 rings (SSSR count). The van der Waals surface area contributed by atoms with Crippen molar-refractivity contribution < 1.29 is 38.5 Å². The van der Waals surface area contributed by atoms with E-state index in [-0.39, 0.29) is 54.0 Å². The Labute approximate surface area is 404 Å². The van der Waals surface area contributed by atoms with Crippen molar-refractivity contribution in [3.8, 4) is 34.5 Å². The molecule has 4 heterocycles. The molecule has 14 nitrogen and oxygen atoms in total. The van der Waals surface area contributed by atoms with Crippen molar-refractivity contribution in [3.05, 3.63) is 108 Å². The molecule has 1 N–H and O–H groups in total. The highest BCUT2D eigenvalue weighted by molar-refractivity contribution is 5.89. The van der Waals surface area contributed by atoms with Crippen LogP contribution in [0.3, 0.4) is 0 Å². The summed E-state index contributed by atoms with van der Waals surface area (Å²) in [6.07, 6.45) is -0.347.